The summed E-state index contributed by atoms with van der Waals surface area (Å²) >= 11 is 12.3. The monoisotopic (exact) mass is 866 g/mol. The highest BCUT2D eigenvalue weighted by atomic mass is 35.5. The van der Waals surface area contributed by atoms with Crippen LogP contribution in [0.1, 0.15) is 35.7 Å². The summed E-state index contributed by atoms with van der Waals surface area (Å²) < 4.78 is 126. The van der Waals surface area contributed by atoms with Crippen LogP contribution in [0.4, 0.5) is 51.1 Å². The molecule has 2 aliphatic heterocycles. The number of carbonyl (C=O) groups is 4. The average molecular weight is 868 g/mol. The lowest BCUT2D eigenvalue weighted by atomic mass is 9.57. The summed E-state index contributed by atoms with van der Waals surface area (Å²) in [5.74, 6) is -15.1. The summed E-state index contributed by atoms with van der Waals surface area (Å²) in [5.41, 5.74) is -3.04. The minimum Gasteiger partial charge on any atom is -0.508 e. The summed E-state index contributed by atoms with van der Waals surface area (Å²) in [6.07, 6.45) is -14.3. The second-order valence-electron chi connectivity index (χ2n) is 13.8. The Morgan fingerprint density at radius 2 is 1.21 bits per heavy atom. The molecule has 4 amide bonds. The van der Waals surface area contributed by atoms with Gasteiger partial charge in [0, 0.05) is 25.6 Å². The van der Waals surface area contributed by atoms with Gasteiger partial charge in [-0.2, -0.15) is 36.4 Å². The van der Waals surface area contributed by atoms with Gasteiger partial charge in [-0.15, -0.1) is 13.2 Å². The van der Waals surface area contributed by atoms with E-state index in [0.29, 0.717) is 27.2 Å². The number of hydrazine groups is 2. The number of fused-ring (bicyclic) bond motifs is 4. The van der Waals surface area contributed by atoms with Crippen LogP contribution in [0.5, 0.6) is 11.5 Å². The quantitative estimate of drug-likeness (QED) is 0.154. The van der Waals surface area contributed by atoms with E-state index in [-0.39, 0.29) is 29.0 Å². The van der Waals surface area contributed by atoms with Gasteiger partial charge in [0.2, 0.25) is 0 Å². The molecule has 2 aliphatic carbocycles. The molecule has 7 rings (SSSR count). The lowest BCUT2D eigenvalue weighted by Crippen LogP contribution is -2.46. The normalized spacial score (nSPS) is 24.7. The molecule has 2 saturated heterocycles. The number of aromatic nitrogens is 2. The van der Waals surface area contributed by atoms with Crippen LogP contribution in [-0.2, 0) is 31.5 Å². The Balaban J connectivity index is 1.32. The SMILES string of the molecule is CN(c1nc(C(F)(F)F)ccc1Cl)N1C(=O)[C@H]2[C@H](CC=C3[C@H]2C[C@H]2C(=O)N(N(C)c4nc(C(F)(F)F)ccc4Cl)C(=O)[C@H]2[C@H]3c2cc(OC(F)(F)F)ccc2O)C1=O. The molecule has 23 heteroatoms. The van der Waals surface area contributed by atoms with Crippen molar-refractivity contribution in [3.05, 3.63) is 81.1 Å². The van der Waals surface area contributed by atoms with Crippen molar-refractivity contribution in [2.24, 2.45) is 29.6 Å². The molecule has 0 bridgehead atoms. The highest BCUT2D eigenvalue weighted by molar-refractivity contribution is 6.33. The third-order valence-corrected chi connectivity index (χ3v) is 11.2. The number of allylic oxidation sites excluding steroid dienone is 2. The number of imide groups is 2. The summed E-state index contributed by atoms with van der Waals surface area (Å²) in [4.78, 5) is 64.0. The number of hydrogen-bond donors (Lipinski definition) is 1. The Bertz CT molecular complexity index is 2290. The molecule has 58 heavy (non-hydrogen) atoms. The second kappa shape index (κ2) is 13.9. The fourth-order valence-electron chi connectivity index (χ4n) is 8.30. The number of nitrogens with zero attached hydrogens (tertiary/aromatic N) is 6. The van der Waals surface area contributed by atoms with E-state index in [0.717, 1.165) is 49.4 Å². The summed E-state index contributed by atoms with van der Waals surface area (Å²) in [7, 11) is 2.09. The fraction of sp³-hybridized carbons (Fsp3) is 0.371. The number of pyridine rings is 2. The lowest BCUT2D eigenvalue weighted by Gasteiger charge is -2.44. The Hall–Kier alpha value is -5.31. The van der Waals surface area contributed by atoms with Crippen LogP contribution in [0.15, 0.2) is 54.1 Å². The zero-order valence-electron chi connectivity index (χ0n) is 29.3. The number of hydrogen-bond acceptors (Lipinski definition) is 10. The van der Waals surface area contributed by atoms with Crippen molar-refractivity contribution in [3.8, 4) is 11.5 Å². The predicted molar refractivity (Wildman–Crippen MR) is 181 cm³/mol. The Morgan fingerprint density at radius 3 is 1.71 bits per heavy atom. The second-order valence-corrected chi connectivity index (χ2v) is 14.6. The number of benzene rings is 1. The number of anilines is 2. The fourth-order valence-corrected chi connectivity index (χ4v) is 8.75. The first-order valence-electron chi connectivity index (χ1n) is 16.9. The summed E-state index contributed by atoms with van der Waals surface area (Å²) in [6.45, 7) is 0. The van der Waals surface area contributed by atoms with E-state index in [1.165, 1.54) is 6.08 Å². The van der Waals surface area contributed by atoms with Gasteiger partial charge in [-0.25, -0.2) is 9.97 Å². The molecular weight excluding hydrogens is 842 g/mol. The molecule has 1 N–H and O–H groups in total. The standard InChI is InChI=1S/C35H25Cl2F9N6O6/c1-49(27-19(36)6-9-22(47-27)33(38,39)40)51-29(54)15-5-4-14-16(25(15)31(51)56)12-18-26(24(14)17-11-13(3-8-21(17)53)58-35(44,45)46)32(57)52(30(18)55)50(2)28-20(37)7-10-23(48-28)34(41,42)43/h3-4,6-11,15-16,18,24-26,53H,5,12H2,1-2H3/t15-,16+,18+,24+,25-,26+/m0/s1. The molecule has 4 aliphatic rings. The number of halogens is 11. The van der Waals surface area contributed by atoms with Crippen LogP contribution in [0.2, 0.25) is 10.0 Å². The van der Waals surface area contributed by atoms with E-state index in [9.17, 15) is 63.8 Å². The number of carbonyl (C=O) groups excluding carboxylic acids is 4. The molecule has 0 radical (unpaired) electrons. The van der Waals surface area contributed by atoms with E-state index < -0.39 is 117 Å². The number of alkyl halides is 9. The first-order valence-corrected chi connectivity index (χ1v) is 17.6. The van der Waals surface area contributed by atoms with Crippen LogP contribution in [0.25, 0.3) is 0 Å². The minimum absolute atomic E-state index is 0.142. The highest BCUT2D eigenvalue weighted by Gasteiger charge is 2.64. The van der Waals surface area contributed by atoms with Gasteiger partial charge in [0.15, 0.2) is 11.6 Å². The number of ether oxygens (including phenoxy) is 1. The molecule has 308 valence electrons. The van der Waals surface area contributed by atoms with Gasteiger partial charge >= 0.3 is 18.7 Å². The smallest absolute Gasteiger partial charge is 0.508 e. The van der Waals surface area contributed by atoms with Crippen molar-refractivity contribution in [2.75, 3.05) is 24.1 Å². The molecule has 4 heterocycles. The highest BCUT2D eigenvalue weighted by Crippen LogP contribution is 2.59. The molecule has 0 spiro atoms. The number of amides is 4. The maximum Gasteiger partial charge on any atom is 0.573 e. The van der Waals surface area contributed by atoms with Gasteiger partial charge in [-0.3, -0.25) is 29.2 Å². The zero-order chi connectivity index (χ0) is 42.5. The largest absolute Gasteiger partial charge is 0.573 e. The van der Waals surface area contributed by atoms with E-state index >= 15 is 0 Å². The van der Waals surface area contributed by atoms with Crippen LogP contribution >= 0.6 is 23.2 Å². The molecule has 12 nitrogen and oxygen atoms in total. The maximum absolute atomic E-state index is 14.4. The molecule has 1 aromatic carbocycles. The first-order chi connectivity index (χ1) is 26.9. The van der Waals surface area contributed by atoms with Crippen LogP contribution < -0.4 is 14.8 Å². The topological polar surface area (TPSA) is 136 Å². The third-order valence-electron chi connectivity index (χ3n) is 10.6. The van der Waals surface area contributed by atoms with Gasteiger partial charge < -0.3 is 9.84 Å². The lowest BCUT2D eigenvalue weighted by molar-refractivity contribution is -0.274. The van der Waals surface area contributed by atoms with Crippen LogP contribution in [0, 0.1) is 29.6 Å². The molecule has 0 unspecified atom stereocenters. The van der Waals surface area contributed by atoms with E-state index in [2.05, 4.69) is 14.7 Å². The van der Waals surface area contributed by atoms with Gasteiger partial charge in [-0.05, 0) is 61.2 Å². The van der Waals surface area contributed by atoms with Gasteiger partial charge in [-0.1, -0.05) is 34.9 Å². The summed E-state index contributed by atoms with van der Waals surface area (Å²) in [6, 6.07) is 5.24. The Kier molecular flexibility index (Phi) is 9.81. The van der Waals surface area contributed by atoms with Gasteiger partial charge in [0.1, 0.15) is 22.9 Å². The maximum atomic E-state index is 14.4. The minimum atomic E-state index is -5.22. The van der Waals surface area contributed by atoms with E-state index in [1.807, 2.05) is 0 Å². The van der Waals surface area contributed by atoms with Crippen LogP contribution in [0.3, 0.4) is 0 Å². The van der Waals surface area contributed by atoms with Crippen molar-refractivity contribution < 1.29 is 68.5 Å². The third kappa shape index (κ3) is 6.80. The molecular formula is C35H25Cl2F9N6O6. The molecule has 3 fully saturated rings. The number of phenolic OH excluding ortho intramolecular Hbond substituents is 1. The Morgan fingerprint density at radius 1 is 0.707 bits per heavy atom. The molecule has 6 atom stereocenters. The van der Waals surface area contributed by atoms with E-state index in [4.69, 9.17) is 23.2 Å². The average Bonchev–Trinajstić information content (AvgIpc) is 3.53. The van der Waals surface area contributed by atoms with Crippen molar-refractivity contribution in [2.45, 2.75) is 37.5 Å². The first kappa shape index (κ1) is 40.9. The summed E-state index contributed by atoms with van der Waals surface area (Å²) in [5, 5.41) is 12.8. The van der Waals surface area contributed by atoms with E-state index in [1.54, 1.807) is 0 Å². The number of phenols is 1. The van der Waals surface area contributed by atoms with Crippen molar-refractivity contribution in [1.82, 2.24) is 20.0 Å². The predicted octanol–water partition coefficient (Wildman–Crippen LogP) is 7.16. The van der Waals surface area contributed by atoms with Gasteiger partial charge in [0.05, 0.1) is 33.7 Å². The Labute approximate surface area is 330 Å². The number of rotatable bonds is 6. The van der Waals surface area contributed by atoms with Crippen molar-refractivity contribution >= 4 is 58.5 Å². The number of aromatic hydroxyl groups is 1. The van der Waals surface area contributed by atoms with Crippen molar-refractivity contribution in [1.29, 1.82) is 0 Å². The molecule has 3 aromatic rings. The van der Waals surface area contributed by atoms with Crippen molar-refractivity contribution in [3.63, 3.8) is 0 Å². The van der Waals surface area contributed by atoms with Crippen LogP contribution in [-0.4, -0.2) is 69.2 Å². The zero-order valence-corrected chi connectivity index (χ0v) is 30.8. The molecule has 2 aromatic heterocycles. The molecule has 1 saturated carbocycles. The van der Waals surface area contributed by atoms with Gasteiger partial charge in [0.25, 0.3) is 23.6 Å².